The van der Waals surface area contributed by atoms with Gasteiger partial charge in [0, 0.05) is 12.8 Å². The van der Waals surface area contributed by atoms with Crippen molar-refractivity contribution in [3.05, 3.63) is 0 Å². The maximum Gasteiger partial charge on any atom is 0.319 e. The van der Waals surface area contributed by atoms with E-state index in [0.717, 1.165) is 0 Å². The average molecular weight is 242 g/mol. The van der Waals surface area contributed by atoms with E-state index in [1.165, 1.54) is 14.2 Å². The smallest absolute Gasteiger partial charge is 0.319 e. The topological polar surface area (TPSA) is 69.7 Å². The normalized spacial score (nSPS) is 25.5. The number of ether oxygens (including phenoxy) is 2. The van der Waals surface area contributed by atoms with Gasteiger partial charge in [-0.3, -0.25) is 14.4 Å². The second-order valence-corrected chi connectivity index (χ2v) is 4.42. The molecule has 96 valence electrons. The minimum atomic E-state index is -1.15. The summed E-state index contributed by atoms with van der Waals surface area (Å²) in [6.45, 7) is 1.72. The molecule has 0 amide bonds. The molecule has 1 aliphatic carbocycles. The molecular weight excluding hydrogens is 224 g/mol. The van der Waals surface area contributed by atoms with Crippen molar-refractivity contribution in [2.24, 2.45) is 11.3 Å². The third-order valence-electron chi connectivity index (χ3n) is 3.56. The predicted octanol–water partition coefficient (Wildman–Crippen LogP) is 1.10. The predicted molar refractivity (Wildman–Crippen MR) is 59.1 cm³/mol. The number of Topliss-reactive ketones (excluding diaryl/α,β-unsaturated/α-hetero) is 1. The molecule has 1 saturated carbocycles. The van der Waals surface area contributed by atoms with Crippen LogP contribution in [0, 0.1) is 11.3 Å². The van der Waals surface area contributed by atoms with Crippen LogP contribution >= 0.6 is 0 Å². The Bertz CT molecular complexity index is 336. The zero-order chi connectivity index (χ0) is 13.1. The molecule has 0 aromatic carbocycles. The molecule has 17 heavy (non-hydrogen) atoms. The summed E-state index contributed by atoms with van der Waals surface area (Å²) in [7, 11) is 2.55. The average Bonchev–Trinajstić information content (AvgIpc) is 2.70. The molecule has 0 aromatic heterocycles. The fourth-order valence-corrected chi connectivity index (χ4v) is 2.52. The third kappa shape index (κ3) is 2.33. The highest BCUT2D eigenvalue weighted by molar-refractivity contribution is 6.05. The summed E-state index contributed by atoms with van der Waals surface area (Å²) in [6, 6.07) is 0. The molecule has 0 heterocycles. The lowest BCUT2D eigenvalue weighted by atomic mass is 9.72. The first kappa shape index (κ1) is 13.7. The van der Waals surface area contributed by atoms with Gasteiger partial charge in [-0.1, -0.05) is 6.92 Å². The van der Waals surface area contributed by atoms with E-state index in [4.69, 9.17) is 4.74 Å². The Morgan fingerprint density at radius 3 is 2.41 bits per heavy atom. The maximum absolute atomic E-state index is 12.0. The zero-order valence-electron chi connectivity index (χ0n) is 10.4. The van der Waals surface area contributed by atoms with Gasteiger partial charge in [0.05, 0.1) is 14.2 Å². The molecule has 2 atom stereocenters. The molecule has 0 aliphatic heterocycles. The first-order valence-electron chi connectivity index (χ1n) is 5.67. The van der Waals surface area contributed by atoms with Gasteiger partial charge in [-0.15, -0.1) is 0 Å². The van der Waals surface area contributed by atoms with Crippen LogP contribution in [0.15, 0.2) is 0 Å². The summed E-state index contributed by atoms with van der Waals surface area (Å²) in [5, 5.41) is 0. The minimum Gasteiger partial charge on any atom is -0.469 e. The third-order valence-corrected chi connectivity index (χ3v) is 3.56. The largest absolute Gasteiger partial charge is 0.469 e. The van der Waals surface area contributed by atoms with E-state index in [0.29, 0.717) is 19.3 Å². The fourth-order valence-electron chi connectivity index (χ4n) is 2.52. The standard InChI is InChI=1S/C12H18O5/c1-8(7-10(14)16-2)12(11(15)17-3)6-4-5-9(12)13/h8H,4-7H2,1-3H3/t8-,12-/m1/s1. The highest BCUT2D eigenvalue weighted by Gasteiger charge is 2.53. The number of hydrogen-bond donors (Lipinski definition) is 0. The molecule has 5 heteroatoms. The lowest BCUT2D eigenvalue weighted by Gasteiger charge is -2.30. The second kappa shape index (κ2) is 5.29. The molecule has 1 fully saturated rings. The van der Waals surface area contributed by atoms with Gasteiger partial charge in [0.1, 0.15) is 11.2 Å². The van der Waals surface area contributed by atoms with E-state index >= 15 is 0 Å². The Kier molecular flexibility index (Phi) is 4.26. The van der Waals surface area contributed by atoms with Gasteiger partial charge in [-0.25, -0.2) is 0 Å². The summed E-state index contributed by atoms with van der Waals surface area (Å²) in [5.74, 6) is -1.46. The van der Waals surface area contributed by atoms with Gasteiger partial charge in [0.2, 0.25) is 0 Å². The van der Waals surface area contributed by atoms with Crippen LogP contribution in [0.4, 0.5) is 0 Å². The maximum atomic E-state index is 12.0. The van der Waals surface area contributed by atoms with Crippen molar-refractivity contribution in [3.8, 4) is 0 Å². The summed E-state index contributed by atoms with van der Waals surface area (Å²) in [5.41, 5.74) is -1.15. The summed E-state index contributed by atoms with van der Waals surface area (Å²) >= 11 is 0. The Morgan fingerprint density at radius 1 is 1.35 bits per heavy atom. The van der Waals surface area contributed by atoms with Crippen LogP contribution in [-0.2, 0) is 23.9 Å². The molecule has 0 saturated heterocycles. The van der Waals surface area contributed by atoms with E-state index in [-0.39, 0.29) is 12.2 Å². The van der Waals surface area contributed by atoms with E-state index in [1.54, 1.807) is 6.92 Å². The minimum absolute atomic E-state index is 0.0529. The van der Waals surface area contributed by atoms with Gasteiger partial charge in [-0.2, -0.15) is 0 Å². The van der Waals surface area contributed by atoms with E-state index in [1.807, 2.05) is 0 Å². The van der Waals surface area contributed by atoms with Gasteiger partial charge in [0.25, 0.3) is 0 Å². The molecule has 0 N–H and O–H groups in total. The molecule has 0 unspecified atom stereocenters. The van der Waals surface area contributed by atoms with E-state index in [2.05, 4.69) is 4.74 Å². The molecule has 0 spiro atoms. The van der Waals surface area contributed by atoms with Crippen LogP contribution in [0.25, 0.3) is 0 Å². The number of hydrogen-bond acceptors (Lipinski definition) is 5. The van der Waals surface area contributed by atoms with Crippen LogP contribution in [0.3, 0.4) is 0 Å². The van der Waals surface area contributed by atoms with Crippen molar-refractivity contribution in [1.82, 2.24) is 0 Å². The van der Waals surface area contributed by atoms with Crippen LogP contribution in [0.1, 0.15) is 32.6 Å². The molecule has 0 bridgehead atoms. The molecule has 5 nitrogen and oxygen atoms in total. The van der Waals surface area contributed by atoms with Crippen molar-refractivity contribution in [2.45, 2.75) is 32.6 Å². The lowest BCUT2D eigenvalue weighted by molar-refractivity contribution is -0.161. The lowest BCUT2D eigenvalue weighted by Crippen LogP contribution is -2.43. The van der Waals surface area contributed by atoms with Crippen molar-refractivity contribution in [3.63, 3.8) is 0 Å². The van der Waals surface area contributed by atoms with Gasteiger partial charge < -0.3 is 9.47 Å². The number of carbonyl (C=O) groups is 3. The summed E-state index contributed by atoms with van der Waals surface area (Å²) < 4.78 is 9.30. The number of methoxy groups -OCH3 is 2. The number of ketones is 1. The Morgan fingerprint density at radius 2 is 2.00 bits per heavy atom. The van der Waals surface area contributed by atoms with Crippen molar-refractivity contribution in [2.75, 3.05) is 14.2 Å². The molecule has 0 radical (unpaired) electrons. The molecule has 0 aromatic rings. The highest BCUT2D eigenvalue weighted by Crippen LogP contribution is 2.44. The Hall–Kier alpha value is -1.39. The summed E-state index contributed by atoms with van der Waals surface area (Å²) in [4.78, 5) is 35.1. The summed E-state index contributed by atoms with van der Waals surface area (Å²) in [6.07, 6.45) is 1.55. The van der Waals surface area contributed by atoms with Gasteiger partial charge in [0.15, 0.2) is 0 Å². The molecular formula is C12H18O5. The SMILES string of the molecule is COC(=O)C[C@@H](C)[C@]1(C(=O)OC)CCCC1=O. The molecule has 1 rings (SSSR count). The Labute approximate surface area is 100 Å². The highest BCUT2D eigenvalue weighted by atomic mass is 16.5. The zero-order valence-corrected chi connectivity index (χ0v) is 10.4. The first-order valence-corrected chi connectivity index (χ1v) is 5.67. The number of carbonyl (C=O) groups excluding carboxylic acids is 3. The van der Waals surface area contributed by atoms with Gasteiger partial charge in [-0.05, 0) is 18.8 Å². The van der Waals surface area contributed by atoms with Crippen LogP contribution in [0.5, 0.6) is 0 Å². The van der Waals surface area contributed by atoms with Crippen molar-refractivity contribution in [1.29, 1.82) is 0 Å². The fraction of sp³-hybridized carbons (Fsp3) is 0.750. The van der Waals surface area contributed by atoms with E-state index in [9.17, 15) is 14.4 Å². The van der Waals surface area contributed by atoms with Crippen LogP contribution in [0.2, 0.25) is 0 Å². The van der Waals surface area contributed by atoms with Gasteiger partial charge >= 0.3 is 11.9 Å². The Balaban J connectivity index is 2.95. The monoisotopic (exact) mass is 242 g/mol. The van der Waals surface area contributed by atoms with Crippen molar-refractivity contribution >= 4 is 17.7 Å². The van der Waals surface area contributed by atoms with E-state index < -0.39 is 23.3 Å². The van der Waals surface area contributed by atoms with Crippen molar-refractivity contribution < 1.29 is 23.9 Å². The first-order chi connectivity index (χ1) is 7.98. The van der Waals surface area contributed by atoms with Crippen LogP contribution < -0.4 is 0 Å². The van der Waals surface area contributed by atoms with Crippen LogP contribution in [-0.4, -0.2) is 31.9 Å². The second-order valence-electron chi connectivity index (χ2n) is 4.42. The molecule has 1 aliphatic rings. The number of rotatable bonds is 4. The number of esters is 2. The quantitative estimate of drug-likeness (QED) is 0.545.